The molecule has 2 aromatic carbocycles. The van der Waals surface area contributed by atoms with Crippen LogP contribution in [0.2, 0.25) is 0 Å². The first kappa shape index (κ1) is 13.5. The molecule has 0 radical (unpaired) electrons. The maximum atomic E-state index is 13.2. The minimum absolute atomic E-state index is 0.164. The Morgan fingerprint density at radius 3 is 1.78 bits per heavy atom. The first-order valence-electron chi connectivity index (χ1n) is 5.51. The molecule has 0 amide bonds. The average Bonchev–Trinajstić information content (AvgIpc) is 2.37. The normalized spacial score (nSPS) is 14.3. The predicted octanol–water partition coefficient (Wildman–Crippen LogP) is 3.00. The maximum absolute atomic E-state index is 13.2. The van der Waals surface area contributed by atoms with Crippen molar-refractivity contribution < 1.29 is 13.2 Å². The monoisotopic (exact) mass is 368 g/mol. The third-order valence-corrected chi connectivity index (χ3v) is 8.88. The molecule has 0 aliphatic heterocycles. The van der Waals surface area contributed by atoms with Gasteiger partial charge in [0.25, 0.3) is 0 Å². The van der Waals surface area contributed by atoms with Crippen LogP contribution < -0.4 is 3.61 Å². The summed E-state index contributed by atoms with van der Waals surface area (Å²) in [6.45, 7) is 0. The van der Waals surface area contributed by atoms with Crippen molar-refractivity contribution in [1.29, 1.82) is 0 Å². The Morgan fingerprint density at radius 1 is 0.778 bits per heavy atom. The van der Waals surface area contributed by atoms with Gasteiger partial charge in [0.2, 0.25) is 0 Å². The van der Waals surface area contributed by atoms with Crippen molar-refractivity contribution in [3.63, 3.8) is 0 Å². The van der Waals surface area contributed by atoms with Gasteiger partial charge >= 0.3 is 111 Å². The Hall–Kier alpha value is -0.980. The summed E-state index contributed by atoms with van der Waals surface area (Å²) in [5.41, 5.74) is 0.779. The molecule has 0 nitrogen and oxygen atoms in total. The SMILES string of the molecule is FC(F)(F)[TeH](Cc1ccccc1)c1ccccc1. The van der Waals surface area contributed by atoms with Crippen LogP contribution in [0.15, 0.2) is 60.7 Å². The number of alkyl halides is 3. The van der Waals surface area contributed by atoms with Gasteiger partial charge in [-0.2, -0.15) is 0 Å². The van der Waals surface area contributed by atoms with Crippen LogP contribution in [0.5, 0.6) is 0 Å². The fraction of sp³-hybridized carbons (Fsp3) is 0.143. The summed E-state index contributed by atoms with van der Waals surface area (Å²) in [6.07, 6.45) is 0. The minimum atomic E-state index is -4.04. The van der Waals surface area contributed by atoms with E-state index in [1.165, 1.54) is 0 Å². The summed E-state index contributed by atoms with van der Waals surface area (Å²) in [7, 11) is 0. The molecule has 0 spiro atoms. The molecule has 96 valence electrons. The van der Waals surface area contributed by atoms with Gasteiger partial charge in [0, 0.05) is 0 Å². The summed E-state index contributed by atoms with van der Waals surface area (Å²) < 4.78 is 36.1. The first-order valence-corrected chi connectivity index (χ1v) is 9.86. The molecule has 1 unspecified atom stereocenters. The third kappa shape index (κ3) is 3.51. The molecular formula is C14H13F3Te. The van der Waals surface area contributed by atoms with Gasteiger partial charge in [0.1, 0.15) is 0 Å². The number of hydrogen-bond donors (Lipinski definition) is 0. The first-order chi connectivity index (χ1) is 8.57. The molecule has 1 atom stereocenters. The van der Waals surface area contributed by atoms with Crippen LogP contribution in [-0.4, -0.2) is 23.8 Å². The Morgan fingerprint density at radius 2 is 1.28 bits per heavy atom. The molecule has 0 saturated heterocycles. The molecule has 0 aliphatic rings. The molecule has 0 heterocycles. The second-order valence-corrected chi connectivity index (χ2v) is 10.1. The van der Waals surface area contributed by atoms with E-state index in [9.17, 15) is 13.2 Å². The summed E-state index contributed by atoms with van der Waals surface area (Å²) in [6, 6.07) is 17.3. The Bertz CT molecular complexity index is 479. The van der Waals surface area contributed by atoms with Crippen LogP contribution in [0.4, 0.5) is 13.2 Å². The zero-order valence-corrected chi connectivity index (χ0v) is 12.1. The molecule has 0 saturated carbocycles. The van der Waals surface area contributed by atoms with Gasteiger partial charge < -0.3 is 0 Å². The van der Waals surface area contributed by atoms with Crippen molar-refractivity contribution in [2.45, 2.75) is 8.69 Å². The van der Waals surface area contributed by atoms with Crippen LogP contribution in [0.3, 0.4) is 0 Å². The van der Waals surface area contributed by atoms with E-state index < -0.39 is 23.8 Å². The van der Waals surface area contributed by atoms with Crippen LogP contribution in [0.25, 0.3) is 0 Å². The van der Waals surface area contributed by atoms with E-state index >= 15 is 0 Å². The van der Waals surface area contributed by atoms with E-state index in [1.807, 2.05) is 6.07 Å². The van der Waals surface area contributed by atoms with E-state index in [1.54, 1.807) is 54.6 Å². The van der Waals surface area contributed by atoms with Gasteiger partial charge in [-0.25, -0.2) is 0 Å². The van der Waals surface area contributed by atoms with Gasteiger partial charge in [-0.1, -0.05) is 0 Å². The zero-order valence-electron chi connectivity index (χ0n) is 9.56. The molecule has 4 heteroatoms. The summed E-state index contributed by atoms with van der Waals surface area (Å²) in [4.78, 5) is 0. The molecule has 2 rings (SSSR count). The van der Waals surface area contributed by atoms with Gasteiger partial charge in [-0.15, -0.1) is 0 Å². The standard InChI is InChI=1S/C14H13F3Te/c15-14(16,17)18(13-9-5-2-6-10-13)11-12-7-3-1-4-8-12/h1-10,18H,11H2. The molecular weight excluding hydrogens is 353 g/mol. The fourth-order valence-electron chi connectivity index (χ4n) is 1.70. The van der Waals surface area contributed by atoms with Gasteiger partial charge in [0.15, 0.2) is 0 Å². The fourth-order valence-corrected chi connectivity index (χ4v) is 6.73. The third-order valence-electron chi connectivity index (χ3n) is 2.56. The number of halogens is 3. The molecule has 2 aromatic rings. The average molecular weight is 366 g/mol. The van der Waals surface area contributed by atoms with Crippen molar-refractivity contribution >= 4 is 23.2 Å². The van der Waals surface area contributed by atoms with Crippen molar-refractivity contribution in [2.75, 3.05) is 0 Å². The number of benzene rings is 2. The van der Waals surface area contributed by atoms with E-state index in [-0.39, 0.29) is 4.47 Å². The Labute approximate surface area is 111 Å². The Kier molecular flexibility index (Phi) is 4.31. The second-order valence-electron chi connectivity index (χ2n) is 3.88. The number of hydrogen-bond acceptors (Lipinski definition) is 0. The Balaban J connectivity index is 2.28. The molecule has 18 heavy (non-hydrogen) atoms. The van der Waals surface area contributed by atoms with E-state index in [0.29, 0.717) is 3.61 Å². The van der Waals surface area contributed by atoms with Crippen molar-refractivity contribution in [3.8, 4) is 0 Å². The molecule has 0 N–H and O–H groups in total. The topological polar surface area (TPSA) is 0 Å². The summed E-state index contributed by atoms with van der Waals surface area (Å²) >= 11 is -3.51. The van der Waals surface area contributed by atoms with Gasteiger partial charge in [-0.3, -0.25) is 0 Å². The van der Waals surface area contributed by atoms with E-state index in [4.69, 9.17) is 0 Å². The quantitative estimate of drug-likeness (QED) is 0.734. The van der Waals surface area contributed by atoms with Crippen LogP contribution in [-0.2, 0) is 4.47 Å². The molecule has 0 aromatic heterocycles. The summed E-state index contributed by atoms with van der Waals surface area (Å²) in [5.74, 6) is 0. The van der Waals surface area contributed by atoms with Gasteiger partial charge in [0.05, 0.1) is 0 Å². The summed E-state index contributed by atoms with van der Waals surface area (Å²) in [5, 5.41) is 0. The van der Waals surface area contributed by atoms with Gasteiger partial charge in [-0.05, 0) is 0 Å². The second kappa shape index (κ2) is 5.77. The van der Waals surface area contributed by atoms with Crippen molar-refractivity contribution in [1.82, 2.24) is 0 Å². The molecule has 0 bridgehead atoms. The van der Waals surface area contributed by atoms with E-state index in [0.717, 1.165) is 5.56 Å². The zero-order chi connectivity index (χ0) is 13.0. The van der Waals surface area contributed by atoms with Crippen molar-refractivity contribution in [3.05, 3.63) is 66.2 Å². The predicted molar refractivity (Wildman–Crippen MR) is 69.4 cm³/mol. The van der Waals surface area contributed by atoms with E-state index in [2.05, 4.69) is 0 Å². The van der Waals surface area contributed by atoms with Crippen LogP contribution >= 0.6 is 0 Å². The van der Waals surface area contributed by atoms with Crippen LogP contribution in [0.1, 0.15) is 5.56 Å². The number of rotatable bonds is 3. The molecule has 0 aliphatic carbocycles. The van der Waals surface area contributed by atoms with Crippen LogP contribution in [0, 0.1) is 0 Å². The molecule has 0 fully saturated rings. The van der Waals surface area contributed by atoms with Crippen molar-refractivity contribution in [2.24, 2.45) is 0 Å².